The molecule has 0 spiro atoms. The van der Waals surface area contributed by atoms with Crippen LogP contribution >= 0.6 is 0 Å². The maximum Gasteiger partial charge on any atom is 0.268 e. The number of furan rings is 1. The molecular formula is C14H23N3O3. The van der Waals surface area contributed by atoms with Crippen LogP contribution in [-0.4, -0.2) is 37.6 Å². The molecule has 1 unspecified atom stereocenters. The highest BCUT2D eigenvalue weighted by Gasteiger charge is 2.22. The highest BCUT2D eigenvalue weighted by atomic mass is 16.5. The third kappa shape index (κ3) is 3.59. The molecule has 1 fully saturated rings. The first-order valence-corrected chi connectivity index (χ1v) is 6.95. The van der Waals surface area contributed by atoms with Crippen molar-refractivity contribution in [3.05, 3.63) is 23.2 Å². The third-order valence-electron chi connectivity index (χ3n) is 3.73. The Morgan fingerprint density at radius 3 is 3.15 bits per heavy atom. The highest BCUT2D eigenvalue weighted by Crippen LogP contribution is 2.21. The van der Waals surface area contributed by atoms with Crippen molar-refractivity contribution in [2.75, 3.05) is 26.8 Å². The lowest BCUT2D eigenvalue weighted by Crippen LogP contribution is -2.36. The minimum Gasteiger partial charge on any atom is -0.464 e. The second-order valence-electron chi connectivity index (χ2n) is 5.35. The van der Waals surface area contributed by atoms with Gasteiger partial charge in [0.15, 0.2) is 0 Å². The third-order valence-corrected chi connectivity index (χ3v) is 3.73. The van der Waals surface area contributed by atoms with E-state index in [0.29, 0.717) is 17.2 Å². The molecule has 0 aliphatic carbocycles. The Balaban J connectivity index is 1.97. The molecule has 6 nitrogen and oxygen atoms in total. The predicted octanol–water partition coefficient (Wildman–Crippen LogP) is 1.05. The Bertz CT molecular complexity index is 457. The first-order valence-electron chi connectivity index (χ1n) is 6.95. The van der Waals surface area contributed by atoms with Gasteiger partial charge in [-0.05, 0) is 38.3 Å². The van der Waals surface area contributed by atoms with Crippen LogP contribution in [0.25, 0.3) is 0 Å². The van der Waals surface area contributed by atoms with E-state index in [9.17, 15) is 4.79 Å². The molecule has 6 heteroatoms. The largest absolute Gasteiger partial charge is 0.464 e. The Hall–Kier alpha value is -1.37. The van der Waals surface area contributed by atoms with Crippen LogP contribution in [0, 0.1) is 12.8 Å². The van der Waals surface area contributed by atoms with Crippen LogP contribution in [0.5, 0.6) is 0 Å². The average molecular weight is 281 g/mol. The number of ether oxygens (including phenoxy) is 1. The van der Waals surface area contributed by atoms with Gasteiger partial charge in [0.25, 0.3) is 5.91 Å². The van der Waals surface area contributed by atoms with Crippen LogP contribution in [0.1, 0.15) is 34.7 Å². The fraction of sp³-hybridized carbons (Fsp3) is 0.643. The van der Waals surface area contributed by atoms with E-state index in [1.165, 1.54) is 12.8 Å². The number of hydrogen-bond donors (Lipinski definition) is 2. The van der Waals surface area contributed by atoms with Gasteiger partial charge in [0, 0.05) is 13.7 Å². The lowest BCUT2D eigenvalue weighted by Gasteiger charge is -2.31. The molecular weight excluding hydrogens is 258 g/mol. The van der Waals surface area contributed by atoms with Crippen LogP contribution in [0.2, 0.25) is 0 Å². The van der Waals surface area contributed by atoms with Gasteiger partial charge in [-0.2, -0.15) is 0 Å². The number of methoxy groups -OCH3 is 1. The van der Waals surface area contributed by atoms with Crippen molar-refractivity contribution < 1.29 is 13.9 Å². The first-order chi connectivity index (χ1) is 9.63. The second kappa shape index (κ2) is 6.88. The monoisotopic (exact) mass is 281 g/mol. The first kappa shape index (κ1) is 15.0. The van der Waals surface area contributed by atoms with Gasteiger partial charge in [0.1, 0.15) is 11.5 Å². The van der Waals surface area contributed by atoms with Gasteiger partial charge >= 0.3 is 0 Å². The number of nitrogens with two attached hydrogens (primary N) is 1. The molecule has 2 rings (SSSR count). The molecule has 1 aliphatic heterocycles. The van der Waals surface area contributed by atoms with Crippen LogP contribution in [-0.2, 0) is 11.3 Å². The van der Waals surface area contributed by atoms with Gasteiger partial charge < -0.3 is 9.15 Å². The topological polar surface area (TPSA) is 80.7 Å². The SMILES string of the molecule is COCC1CCCN(Cc2cc(C(=O)NN)c(C)o2)C1. The van der Waals surface area contributed by atoms with E-state index in [1.54, 1.807) is 20.1 Å². The zero-order valence-corrected chi connectivity index (χ0v) is 12.1. The number of nitrogen functional groups attached to an aromatic ring is 1. The van der Waals surface area contributed by atoms with Crippen LogP contribution in [0.4, 0.5) is 0 Å². The molecule has 0 bridgehead atoms. The van der Waals surface area contributed by atoms with Gasteiger partial charge in [-0.25, -0.2) is 5.84 Å². The molecule has 0 radical (unpaired) electrons. The van der Waals surface area contributed by atoms with E-state index >= 15 is 0 Å². The summed E-state index contributed by atoms with van der Waals surface area (Å²) in [4.78, 5) is 13.9. The van der Waals surface area contributed by atoms with Gasteiger partial charge in [-0.3, -0.25) is 15.1 Å². The number of rotatable bonds is 5. The number of hydrogen-bond acceptors (Lipinski definition) is 5. The Kier molecular flexibility index (Phi) is 5.17. The van der Waals surface area contributed by atoms with Gasteiger partial charge in [-0.1, -0.05) is 0 Å². The van der Waals surface area contributed by atoms with Crippen molar-refractivity contribution in [1.82, 2.24) is 10.3 Å². The minimum absolute atomic E-state index is 0.312. The summed E-state index contributed by atoms with van der Waals surface area (Å²) in [6.07, 6.45) is 2.38. The molecule has 1 aliphatic rings. The van der Waals surface area contributed by atoms with E-state index in [1.807, 2.05) is 0 Å². The normalized spacial score (nSPS) is 20.1. The van der Waals surface area contributed by atoms with Crippen molar-refractivity contribution in [2.45, 2.75) is 26.3 Å². The molecule has 1 aromatic rings. The summed E-state index contributed by atoms with van der Waals surface area (Å²) in [5.74, 6) is 6.83. The van der Waals surface area contributed by atoms with Crippen molar-refractivity contribution in [3.8, 4) is 0 Å². The van der Waals surface area contributed by atoms with E-state index in [0.717, 1.165) is 32.0 Å². The fourth-order valence-corrected chi connectivity index (χ4v) is 2.81. The lowest BCUT2D eigenvalue weighted by molar-refractivity contribution is 0.0839. The average Bonchev–Trinajstić information content (AvgIpc) is 2.79. The summed E-state index contributed by atoms with van der Waals surface area (Å²) in [6.45, 7) is 5.36. The molecule has 1 atom stereocenters. The van der Waals surface area contributed by atoms with Gasteiger partial charge in [0.05, 0.1) is 18.7 Å². The van der Waals surface area contributed by atoms with E-state index in [4.69, 9.17) is 15.0 Å². The van der Waals surface area contributed by atoms with E-state index < -0.39 is 0 Å². The number of hydrazine groups is 1. The van der Waals surface area contributed by atoms with Crippen LogP contribution < -0.4 is 11.3 Å². The Morgan fingerprint density at radius 1 is 1.65 bits per heavy atom. The number of carbonyl (C=O) groups excluding carboxylic acids is 1. The lowest BCUT2D eigenvalue weighted by atomic mass is 9.99. The summed E-state index contributed by atoms with van der Waals surface area (Å²) in [6, 6.07) is 1.78. The number of nitrogens with zero attached hydrogens (tertiary/aromatic N) is 1. The maximum atomic E-state index is 11.6. The smallest absolute Gasteiger partial charge is 0.268 e. The molecule has 0 saturated carbocycles. The van der Waals surface area contributed by atoms with E-state index in [-0.39, 0.29) is 5.91 Å². The quantitative estimate of drug-likeness (QED) is 0.479. The predicted molar refractivity (Wildman–Crippen MR) is 75.0 cm³/mol. The van der Waals surface area contributed by atoms with Crippen molar-refractivity contribution >= 4 is 5.91 Å². The summed E-state index contributed by atoms with van der Waals surface area (Å²) in [5, 5.41) is 0. The maximum absolute atomic E-state index is 11.6. The number of amides is 1. The van der Waals surface area contributed by atoms with Crippen molar-refractivity contribution in [2.24, 2.45) is 11.8 Å². The molecule has 112 valence electrons. The van der Waals surface area contributed by atoms with E-state index in [2.05, 4.69) is 10.3 Å². The fourth-order valence-electron chi connectivity index (χ4n) is 2.81. The zero-order valence-electron chi connectivity index (χ0n) is 12.1. The van der Waals surface area contributed by atoms with Crippen molar-refractivity contribution in [3.63, 3.8) is 0 Å². The molecule has 1 aromatic heterocycles. The van der Waals surface area contributed by atoms with Gasteiger partial charge in [0.2, 0.25) is 0 Å². The van der Waals surface area contributed by atoms with Gasteiger partial charge in [-0.15, -0.1) is 0 Å². The molecule has 1 saturated heterocycles. The summed E-state index contributed by atoms with van der Waals surface area (Å²) in [7, 11) is 1.74. The Morgan fingerprint density at radius 2 is 2.45 bits per heavy atom. The molecule has 20 heavy (non-hydrogen) atoms. The summed E-state index contributed by atoms with van der Waals surface area (Å²) >= 11 is 0. The van der Waals surface area contributed by atoms with Crippen LogP contribution in [0.3, 0.4) is 0 Å². The molecule has 2 heterocycles. The number of nitrogens with one attached hydrogen (secondary N) is 1. The molecule has 1 amide bonds. The molecule has 0 aromatic carbocycles. The number of likely N-dealkylation sites (tertiary alicyclic amines) is 1. The standard InChI is InChI=1S/C14H23N3O3/c1-10-13(14(18)16-15)6-12(20-10)8-17-5-3-4-11(7-17)9-19-2/h6,11H,3-5,7-9,15H2,1-2H3,(H,16,18). The molecule has 3 N–H and O–H groups in total. The second-order valence-corrected chi connectivity index (χ2v) is 5.35. The number of carbonyl (C=O) groups is 1. The summed E-state index contributed by atoms with van der Waals surface area (Å²) < 4.78 is 10.9. The number of piperidine rings is 1. The number of aryl methyl sites for hydroxylation is 1. The highest BCUT2D eigenvalue weighted by molar-refractivity contribution is 5.94. The summed E-state index contributed by atoms with van der Waals surface area (Å²) in [5.41, 5.74) is 2.64. The minimum atomic E-state index is -0.312. The van der Waals surface area contributed by atoms with Crippen molar-refractivity contribution in [1.29, 1.82) is 0 Å². The van der Waals surface area contributed by atoms with Crippen LogP contribution in [0.15, 0.2) is 10.5 Å². The zero-order chi connectivity index (χ0) is 14.5. The Labute approximate surface area is 119 Å².